The van der Waals surface area contributed by atoms with Crippen molar-refractivity contribution < 1.29 is 9.53 Å². The van der Waals surface area contributed by atoms with E-state index in [-0.39, 0.29) is 12.0 Å². The van der Waals surface area contributed by atoms with E-state index in [9.17, 15) is 4.79 Å². The van der Waals surface area contributed by atoms with Gasteiger partial charge in [0, 0.05) is 44.3 Å². The number of fused-ring (bicyclic) bond motifs is 1. The molecular weight excluding hydrogens is 334 g/mol. The van der Waals surface area contributed by atoms with Crippen LogP contribution in [0.15, 0.2) is 35.0 Å². The van der Waals surface area contributed by atoms with Crippen LogP contribution in [-0.2, 0) is 11.3 Å². The van der Waals surface area contributed by atoms with Crippen LogP contribution in [0.2, 0.25) is 0 Å². The number of amides is 1. The number of pyridine rings is 1. The SMILES string of the molecule is Cc1cccc(C(=O)N2C[C@H]3CN(Cc4ccsc4)CCO[C@H]3C2)n1. The first-order valence-electron chi connectivity index (χ1n) is 8.77. The highest BCUT2D eigenvalue weighted by Crippen LogP contribution is 2.25. The third kappa shape index (κ3) is 3.76. The lowest BCUT2D eigenvalue weighted by Gasteiger charge is -2.23. The van der Waals surface area contributed by atoms with Gasteiger partial charge in [-0.25, -0.2) is 4.98 Å². The Kier molecular flexibility index (Phi) is 4.83. The molecule has 2 fully saturated rings. The van der Waals surface area contributed by atoms with Gasteiger partial charge in [0.05, 0.1) is 12.7 Å². The molecule has 0 unspecified atom stereocenters. The first kappa shape index (κ1) is 16.7. The number of hydrogen-bond donors (Lipinski definition) is 0. The largest absolute Gasteiger partial charge is 0.375 e. The zero-order valence-corrected chi connectivity index (χ0v) is 15.2. The molecule has 0 bridgehead atoms. The maximum Gasteiger partial charge on any atom is 0.272 e. The predicted molar refractivity (Wildman–Crippen MR) is 97.7 cm³/mol. The number of likely N-dealkylation sites (tertiary alicyclic amines) is 1. The van der Waals surface area contributed by atoms with Crippen molar-refractivity contribution in [2.45, 2.75) is 19.6 Å². The Morgan fingerprint density at radius 2 is 2.24 bits per heavy atom. The molecule has 0 aromatic carbocycles. The Morgan fingerprint density at radius 3 is 3.04 bits per heavy atom. The highest BCUT2D eigenvalue weighted by Gasteiger charge is 2.38. The van der Waals surface area contributed by atoms with Crippen LogP contribution in [0.5, 0.6) is 0 Å². The van der Waals surface area contributed by atoms with Gasteiger partial charge in [-0.1, -0.05) is 6.07 Å². The highest BCUT2D eigenvalue weighted by atomic mass is 32.1. The zero-order chi connectivity index (χ0) is 17.2. The Labute approximate surface area is 152 Å². The summed E-state index contributed by atoms with van der Waals surface area (Å²) in [4.78, 5) is 21.5. The average molecular weight is 357 g/mol. The van der Waals surface area contributed by atoms with Gasteiger partial charge in [0.1, 0.15) is 5.69 Å². The van der Waals surface area contributed by atoms with Gasteiger partial charge in [0.25, 0.3) is 5.91 Å². The minimum Gasteiger partial charge on any atom is -0.375 e. The summed E-state index contributed by atoms with van der Waals surface area (Å²) >= 11 is 1.74. The molecule has 0 radical (unpaired) electrons. The molecule has 132 valence electrons. The Bertz CT molecular complexity index is 734. The van der Waals surface area contributed by atoms with E-state index < -0.39 is 0 Å². The fourth-order valence-corrected chi connectivity index (χ4v) is 4.40. The minimum absolute atomic E-state index is 0.0183. The van der Waals surface area contributed by atoms with Crippen molar-refractivity contribution in [2.24, 2.45) is 5.92 Å². The number of nitrogens with zero attached hydrogens (tertiary/aromatic N) is 3. The van der Waals surface area contributed by atoms with Crippen molar-refractivity contribution in [3.05, 3.63) is 52.0 Å². The quantitative estimate of drug-likeness (QED) is 0.846. The smallest absolute Gasteiger partial charge is 0.272 e. The molecule has 2 saturated heterocycles. The zero-order valence-electron chi connectivity index (χ0n) is 14.4. The van der Waals surface area contributed by atoms with Crippen LogP contribution in [-0.4, -0.2) is 59.6 Å². The van der Waals surface area contributed by atoms with E-state index in [1.54, 1.807) is 17.4 Å². The number of carbonyl (C=O) groups excluding carboxylic acids is 1. The predicted octanol–water partition coefficient (Wildman–Crippen LogP) is 2.42. The maximum absolute atomic E-state index is 12.8. The van der Waals surface area contributed by atoms with E-state index in [1.165, 1.54) is 5.56 Å². The minimum atomic E-state index is 0.0183. The Hall–Kier alpha value is -1.76. The van der Waals surface area contributed by atoms with E-state index in [0.717, 1.165) is 38.5 Å². The number of rotatable bonds is 3. The van der Waals surface area contributed by atoms with Gasteiger partial charge >= 0.3 is 0 Å². The third-order valence-electron chi connectivity index (χ3n) is 4.99. The number of thiophene rings is 1. The van der Waals surface area contributed by atoms with Crippen molar-refractivity contribution in [2.75, 3.05) is 32.8 Å². The molecule has 25 heavy (non-hydrogen) atoms. The van der Waals surface area contributed by atoms with Crippen LogP contribution in [0.25, 0.3) is 0 Å². The van der Waals surface area contributed by atoms with Gasteiger partial charge in [0.15, 0.2) is 0 Å². The molecule has 2 aromatic rings. The van der Waals surface area contributed by atoms with Gasteiger partial charge in [0.2, 0.25) is 0 Å². The Balaban J connectivity index is 1.42. The van der Waals surface area contributed by atoms with Crippen molar-refractivity contribution >= 4 is 17.2 Å². The summed E-state index contributed by atoms with van der Waals surface area (Å²) in [7, 11) is 0. The van der Waals surface area contributed by atoms with Crippen LogP contribution in [0.3, 0.4) is 0 Å². The van der Waals surface area contributed by atoms with Gasteiger partial charge < -0.3 is 9.64 Å². The van der Waals surface area contributed by atoms with Crippen LogP contribution < -0.4 is 0 Å². The van der Waals surface area contributed by atoms with Crippen LogP contribution in [0.4, 0.5) is 0 Å². The maximum atomic E-state index is 12.8. The van der Waals surface area contributed by atoms with E-state index >= 15 is 0 Å². The molecule has 0 aliphatic carbocycles. The number of ether oxygens (including phenoxy) is 1. The first-order valence-corrected chi connectivity index (χ1v) is 9.71. The number of aryl methyl sites for hydroxylation is 1. The van der Waals surface area contributed by atoms with Gasteiger partial charge in [-0.05, 0) is 41.4 Å². The van der Waals surface area contributed by atoms with Crippen molar-refractivity contribution in [3.63, 3.8) is 0 Å². The summed E-state index contributed by atoms with van der Waals surface area (Å²) in [6, 6.07) is 7.79. The van der Waals surface area contributed by atoms with Crippen molar-refractivity contribution in [1.29, 1.82) is 0 Å². The molecule has 4 rings (SSSR count). The lowest BCUT2D eigenvalue weighted by Crippen LogP contribution is -2.34. The average Bonchev–Trinajstić information content (AvgIpc) is 3.21. The molecule has 0 N–H and O–H groups in total. The summed E-state index contributed by atoms with van der Waals surface area (Å²) in [6.45, 7) is 6.96. The van der Waals surface area contributed by atoms with Crippen LogP contribution >= 0.6 is 11.3 Å². The summed E-state index contributed by atoms with van der Waals surface area (Å²) in [5.41, 5.74) is 2.77. The number of aromatic nitrogens is 1. The molecule has 2 atom stereocenters. The third-order valence-corrected chi connectivity index (χ3v) is 5.73. The first-order chi connectivity index (χ1) is 12.2. The highest BCUT2D eigenvalue weighted by molar-refractivity contribution is 7.07. The molecule has 2 aliphatic rings. The number of carbonyl (C=O) groups is 1. The molecule has 2 aliphatic heterocycles. The van der Waals surface area contributed by atoms with E-state index in [4.69, 9.17) is 4.74 Å². The summed E-state index contributed by atoms with van der Waals surface area (Å²) in [5.74, 6) is 0.389. The van der Waals surface area contributed by atoms with Crippen LogP contribution in [0, 0.1) is 12.8 Å². The summed E-state index contributed by atoms with van der Waals surface area (Å²) in [5, 5.41) is 4.33. The molecule has 0 saturated carbocycles. The van der Waals surface area contributed by atoms with Crippen molar-refractivity contribution in [1.82, 2.24) is 14.8 Å². The second-order valence-corrected chi connectivity index (χ2v) is 7.69. The van der Waals surface area contributed by atoms with Gasteiger partial charge in [-0.2, -0.15) is 11.3 Å². The van der Waals surface area contributed by atoms with Crippen molar-refractivity contribution in [3.8, 4) is 0 Å². The lowest BCUT2D eigenvalue weighted by molar-refractivity contribution is 0.0482. The lowest BCUT2D eigenvalue weighted by atomic mass is 10.1. The summed E-state index contributed by atoms with van der Waals surface area (Å²) in [6.07, 6.45) is 0.140. The molecule has 0 spiro atoms. The molecular formula is C19H23N3O2S. The fraction of sp³-hybridized carbons (Fsp3) is 0.474. The fourth-order valence-electron chi connectivity index (χ4n) is 3.74. The monoisotopic (exact) mass is 357 g/mol. The molecule has 5 nitrogen and oxygen atoms in total. The second-order valence-electron chi connectivity index (χ2n) is 6.91. The number of hydrogen-bond acceptors (Lipinski definition) is 5. The normalized spacial score (nSPS) is 24.1. The molecule has 2 aromatic heterocycles. The summed E-state index contributed by atoms with van der Waals surface area (Å²) < 4.78 is 6.06. The van der Waals surface area contributed by atoms with E-state index in [0.29, 0.717) is 18.2 Å². The topological polar surface area (TPSA) is 45.7 Å². The standard InChI is InChI=1S/C19H23N3O2S/c1-14-3-2-4-17(20-14)19(23)22-11-16-10-21(6-7-24-18(16)12-22)9-15-5-8-25-13-15/h2-5,8,13,16,18H,6-7,9-12H2,1H3/t16-,18+/m1/s1. The second kappa shape index (κ2) is 7.23. The Morgan fingerprint density at radius 1 is 1.32 bits per heavy atom. The molecule has 4 heterocycles. The molecule has 1 amide bonds. The van der Waals surface area contributed by atoms with E-state index in [1.807, 2.05) is 24.0 Å². The van der Waals surface area contributed by atoms with Gasteiger partial charge in [-0.3, -0.25) is 9.69 Å². The van der Waals surface area contributed by atoms with E-state index in [2.05, 4.69) is 26.7 Å². The van der Waals surface area contributed by atoms with Gasteiger partial charge in [-0.15, -0.1) is 0 Å². The van der Waals surface area contributed by atoms with Crippen LogP contribution in [0.1, 0.15) is 21.7 Å². The molecule has 6 heteroatoms.